The van der Waals surface area contributed by atoms with E-state index in [0.29, 0.717) is 6.42 Å². The lowest BCUT2D eigenvalue weighted by atomic mass is 9.94. The van der Waals surface area contributed by atoms with Crippen LogP contribution < -0.4 is 0 Å². The molecule has 2 nitrogen and oxygen atoms in total. The number of halogens is 1. The molecule has 1 aliphatic rings. The van der Waals surface area contributed by atoms with Gasteiger partial charge >= 0.3 is 0 Å². The third-order valence-corrected chi connectivity index (χ3v) is 2.62. The van der Waals surface area contributed by atoms with Gasteiger partial charge in [0, 0.05) is 6.42 Å². The zero-order valence-corrected chi connectivity index (χ0v) is 8.79. The lowest BCUT2D eigenvalue weighted by Crippen LogP contribution is -2.21. The first-order chi connectivity index (χ1) is 5.08. The molecular formula is C8H11IO2. The van der Waals surface area contributed by atoms with Crippen molar-refractivity contribution in [1.29, 1.82) is 0 Å². The molecule has 1 rings (SSSR count). The van der Waals surface area contributed by atoms with Gasteiger partial charge in [-0.2, -0.15) is 0 Å². The van der Waals surface area contributed by atoms with Crippen LogP contribution in [0.2, 0.25) is 0 Å². The number of rotatable bonds is 3. The molecule has 3 heteroatoms. The zero-order chi connectivity index (χ0) is 8.54. The van der Waals surface area contributed by atoms with Crippen molar-refractivity contribution in [1.82, 2.24) is 0 Å². The second-order valence-corrected chi connectivity index (χ2v) is 3.90. The van der Waals surface area contributed by atoms with Gasteiger partial charge in [-0.05, 0) is 17.9 Å². The van der Waals surface area contributed by atoms with E-state index in [2.05, 4.69) is 22.6 Å². The van der Waals surface area contributed by atoms with E-state index in [1.807, 2.05) is 24.0 Å². The molecule has 0 amide bonds. The first-order valence-corrected chi connectivity index (χ1v) is 4.74. The fourth-order valence-corrected chi connectivity index (χ4v) is 1.41. The van der Waals surface area contributed by atoms with E-state index < -0.39 is 5.60 Å². The summed E-state index contributed by atoms with van der Waals surface area (Å²) >= 11 is 2.13. The van der Waals surface area contributed by atoms with E-state index >= 15 is 0 Å². The summed E-state index contributed by atoms with van der Waals surface area (Å²) in [7, 11) is 0. The van der Waals surface area contributed by atoms with Crippen molar-refractivity contribution in [3.05, 3.63) is 10.2 Å². The summed E-state index contributed by atoms with van der Waals surface area (Å²) in [5, 5.41) is 0. The molecule has 0 saturated carbocycles. The molecule has 1 unspecified atom stereocenters. The van der Waals surface area contributed by atoms with E-state index in [0.717, 1.165) is 6.29 Å². The minimum absolute atomic E-state index is 0.259. The van der Waals surface area contributed by atoms with Gasteiger partial charge < -0.3 is 4.74 Å². The molecule has 62 valence electrons. The van der Waals surface area contributed by atoms with E-state index in [1.165, 1.54) is 0 Å². The minimum atomic E-state index is -0.533. The Hall–Kier alpha value is 0.100. The Labute approximate surface area is 80.1 Å². The van der Waals surface area contributed by atoms with Gasteiger partial charge in [-0.25, -0.2) is 0 Å². The fraction of sp³-hybridized carbons (Fsp3) is 0.625. The van der Waals surface area contributed by atoms with Crippen molar-refractivity contribution in [3.63, 3.8) is 0 Å². The lowest BCUT2D eigenvalue weighted by molar-refractivity contribution is -0.112. The summed E-state index contributed by atoms with van der Waals surface area (Å²) in [5.74, 6) is 0. The number of carbonyl (C=O) groups is 1. The predicted molar refractivity (Wildman–Crippen MR) is 51.7 cm³/mol. The zero-order valence-electron chi connectivity index (χ0n) is 6.63. The van der Waals surface area contributed by atoms with Gasteiger partial charge in [0.15, 0.2) is 11.9 Å². The van der Waals surface area contributed by atoms with Crippen LogP contribution >= 0.6 is 22.6 Å². The number of carbonyl (C=O) groups excluding carboxylic acids is 1. The van der Waals surface area contributed by atoms with Crippen LogP contribution in [-0.2, 0) is 9.53 Å². The average molecular weight is 266 g/mol. The third-order valence-electron chi connectivity index (χ3n) is 2.12. The summed E-state index contributed by atoms with van der Waals surface area (Å²) in [6, 6.07) is 0. The molecule has 1 aliphatic heterocycles. The number of aldehydes is 1. The first-order valence-electron chi connectivity index (χ1n) is 3.50. The van der Waals surface area contributed by atoms with Gasteiger partial charge in [0.05, 0.1) is 0 Å². The van der Waals surface area contributed by atoms with Crippen LogP contribution in [0.15, 0.2) is 10.2 Å². The van der Waals surface area contributed by atoms with Crippen LogP contribution in [0.3, 0.4) is 0 Å². The monoisotopic (exact) mass is 266 g/mol. The van der Waals surface area contributed by atoms with Gasteiger partial charge in [0.1, 0.15) is 5.60 Å². The molecule has 1 heterocycles. The number of hydrogen-bond donors (Lipinski definition) is 0. The van der Waals surface area contributed by atoms with Gasteiger partial charge in [0.2, 0.25) is 0 Å². The second-order valence-electron chi connectivity index (χ2n) is 3.19. The molecule has 0 aromatic rings. The molecule has 0 radical (unpaired) electrons. The SMILES string of the molecule is CC1(C)OC1(C=O)C/C=C\I. The molecule has 0 aromatic heterocycles. The van der Waals surface area contributed by atoms with Crippen LogP contribution in [0.1, 0.15) is 20.3 Å². The topological polar surface area (TPSA) is 29.6 Å². The third kappa shape index (κ3) is 1.49. The summed E-state index contributed by atoms with van der Waals surface area (Å²) in [6.07, 6.45) is 3.54. The van der Waals surface area contributed by atoms with Crippen molar-refractivity contribution < 1.29 is 9.53 Å². The highest BCUT2D eigenvalue weighted by atomic mass is 127. The summed E-state index contributed by atoms with van der Waals surface area (Å²) in [6.45, 7) is 3.87. The molecule has 0 bridgehead atoms. The fourth-order valence-electron chi connectivity index (χ4n) is 1.15. The maximum atomic E-state index is 10.6. The van der Waals surface area contributed by atoms with Gasteiger partial charge in [-0.3, -0.25) is 4.79 Å². The Bertz CT molecular complexity index is 198. The van der Waals surface area contributed by atoms with Crippen LogP contribution in [0, 0.1) is 0 Å². The molecule has 1 saturated heterocycles. The number of hydrogen-bond acceptors (Lipinski definition) is 2. The Balaban J connectivity index is 2.60. The van der Waals surface area contributed by atoms with Crippen molar-refractivity contribution in [2.24, 2.45) is 0 Å². The normalized spacial score (nSPS) is 34.1. The molecule has 11 heavy (non-hydrogen) atoms. The van der Waals surface area contributed by atoms with Crippen LogP contribution in [0.4, 0.5) is 0 Å². The Morgan fingerprint density at radius 1 is 1.55 bits per heavy atom. The first kappa shape index (κ1) is 9.19. The van der Waals surface area contributed by atoms with Crippen molar-refractivity contribution in [3.8, 4) is 0 Å². The Morgan fingerprint density at radius 2 is 2.09 bits per heavy atom. The van der Waals surface area contributed by atoms with Gasteiger partial charge in [0.25, 0.3) is 0 Å². The molecule has 0 spiro atoms. The number of epoxide rings is 1. The highest BCUT2D eigenvalue weighted by Gasteiger charge is 2.63. The van der Waals surface area contributed by atoms with Crippen LogP contribution in [0.25, 0.3) is 0 Å². The van der Waals surface area contributed by atoms with E-state index in [4.69, 9.17) is 4.74 Å². The van der Waals surface area contributed by atoms with Gasteiger partial charge in [-0.1, -0.05) is 28.7 Å². The lowest BCUT2D eigenvalue weighted by Gasteiger charge is -2.01. The smallest absolute Gasteiger partial charge is 0.156 e. The Kier molecular flexibility index (Phi) is 2.39. The highest BCUT2D eigenvalue weighted by Crippen LogP contribution is 2.48. The van der Waals surface area contributed by atoms with E-state index in [-0.39, 0.29) is 5.60 Å². The van der Waals surface area contributed by atoms with Crippen molar-refractivity contribution in [2.45, 2.75) is 31.5 Å². The predicted octanol–water partition coefficient (Wildman–Crippen LogP) is 2.07. The summed E-state index contributed by atoms with van der Waals surface area (Å²) in [4.78, 5) is 10.6. The molecule has 0 aromatic carbocycles. The quantitative estimate of drug-likeness (QED) is 0.444. The van der Waals surface area contributed by atoms with Crippen molar-refractivity contribution >= 4 is 28.9 Å². The van der Waals surface area contributed by atoms with E-state index in [9.17, 15) is 4.79 Å². The molecule has 0 N–H and O–H groups in total. The molecule has 1 fully saturated rings. The number of ether oxygens (including phenoxy) is 1. The standard InChI is InChI=1S/C8H11IO2/c1-7(2)8(6-10,11-7)4-3-5-9/h3,5-6H,4H2,1-2H3/b5-3-. The maximum Gasteiger partial charge on any atom is 0.156 e. The molecule has 1 atom stereocenters. The van der Waals surface area contributed by atoms with Crippen LogP contribution in [0.5, 0.6) is 0 Å². The molecule has 0 aliphatic carbocycles. The van der Waals surface area contributed by atoms with E-state index in [1.54, 1.807) is 0 Å². The minimum Gasteiger partial charge on any atom is -0.355 e. The average Bonchev–Trinajstić information content (AvgIpc) is 2.50. The summed E-state index contributed by atoms with van der Waals surface area (Å²) in [5.41, 5.74) is -0.792. The van der Waals surface area contributed by atoms with Crippen molar-refractivity contribution in [2.75, 3.05) is 0 Å². The summed E-state index contributed by atoms with van der Waals surface area (Å²) < 4.78 is 7.22. The maximum absolute atomic E-state index is 10.6. The molecular weight excluding hydrogens is 255 g/mol. The van der Waals surface area contributed by atoms with Gasteiger partial charge in [-0.15, -0.1) is 0 Å². The largest absolute Gasteiger partial charge is 0.355 e. The van der Waals surface area contributed by atoms with Crippen LogP contribution in [-0.4, -0.2) is 17.5 Å². The second kappa shape index (κ2) is 2.86. The highest BCUT2D eigenvalue weighted by molar-refractivity contribution is 14.1. The Morgan fingerprint density at radius 3 is 2.36 bits per heavy atom.